The normalized spacial score (nSPS) is 12.9. The monoisotopic (exact) mass is 197 g/mol. The number of likely N-dealkylation sites (N-methyl/N-ethyl adjacent to an activating group) is 1. The molecule has 2 N–H and O–H groups in total. The number of aliphatic hydroxyl groups excluding tert-OH is 1. The fourth-order valence-corrected chi connectivity index (χ4v) is 1.26. The molecule has 0 saturated carbocycles. The Kier molecular flexibility index (Phi) is 3.38. The second-order valence-corrected chi connectivity index (χ2v) is 3.21. The van der Waals surface area contributed by atoms with Crippen molar-refractivity contribution in [3.63, 3.8) is 0 Å². The molecule has 0 bridgehead atoms. The van der Waals surface area contributed by atoms with Crippen molar-refractivity contribution in [1.29, 1.82) is 0 Å². The average molecular weight is 197 g/mol. The predicted octanol–water partition coefficient (Wildman–Crippen LogP) is -0.125. The summed E-state index contributed by atoms with van der Waals surface area (Å²) in [5.41, 5.74) is 1.03. The van der Waals surface area contributed by atoms with E-state index >= 15 is 0 Å². The van der Waals surface area contributed by atoms with Crippen LogP contribution in [-0.2, 0) is 7.05 Å². The van der Waals surface area contributed by atoms with Crippen molar-refractivity contribution in [3.8, 4) is 0 Å². The van der Waals surface area contributed by atoms with Gasteiger partial charge in [0.25, 0.3) is 0 Å². The molecular weight excluding hydrogens is 182 g/mol. The van der Waals surface area contributed by atoms with Crippen LogP contribution >= 0.6 is 0 Å². The lowest BCUT2D eigenvalue weighted by atomic mass is 10.2. The standard InChI is InChI=1S/C9H15N3O2/c1-6(13)7-4-8(12(3)11-7)9(14)5-10-2/h4,9-10,14H,5H2,1-3H3. The minimum Gasteiger partial charge on any atom is -0.385 e. The van der Waals surface area contributed by atoms with Crippen molar-refractivity contribution in [2.45, 2.75) is 13.0 Å². The third kappa shape index (κ3) is 2.18. The fraction of sp³-hybridized carbons (Fsp3) is 0.556. The number of nitrogens with one attached hydrogen (secondary N) is 1. The number of Topliss-reactive ketones (excluding diaryl/α,β-unsaturated/α-hetero) is 1. The average Bonchev–Trinajstić information content (AvgIpc) is 2.48. The van der Waals surface area contributed by atoms with Crippen molar-refractivity contribution in [2.24, 2.45) is 7.05 Å². The van der Waals surface area contributed by atoms with E-state index < -0.39 is 6.10 Å². The molecule has 1 rings (SSSR count). The minimum atomic E-state index is -0.634. The smallest absolute Gasteiger partial charge is 0.179 e. The number of rotatable bonds is 4. The van der Waals surface area contributed by atoms with Gasteiger partial charge in [-0.25, -0.2) is 0 Å². The first-order valence-corrected chi connectivity index (χ1v) is 4.43. The molecular formula is C9H15N3O2. The molecule has 0 aliphatic carbocycles. The molecule has 0 aliphatic heterocycles. The number of carbonyl (C=O) groups is 1. The van der Waals surface area contributed by atoms with Crippen LogP contribution in [0.1, 0.15) is 29.2 Å². The molecule has 1 atom stereocenters. The SMILES string of the molecule is CNCC(O)c1cc(C(C)=O)nn1C. The summed E-state index contributed by atoms with van der Waals surface area (Å²) < 4.78 is 1.53. The molecule has 0 fully saturated rings. The first-order valence-electron chi connectivity index (χ1n) is 4.43. The summed E-state index contributed by atoms with van der Waals surface area (Å²) in [6.45, 7) is 1.90. The topological polar surface area (TPSA) is 67.2 Å². The Morgan fingerprint density at radius 1 is 1.79 bits per heavy atom. The van der Waals surface area contributed by atoms with Gasteiger partial charge in [-0.15, -0.1) is 0 Å². The van der Waals surface area contributed by atoms with Crippen LogP contribution in [0.25, 0.3) is 0 Å². The largest absolute Gasteiger partial charge is 0.385 e. The predicted molar refractivity (Wildman–Crippen MR) is 52.1 cm³/mol. The highest BCUT2D eigenvalue weighted by molar-refractivity contribution is 5.92. The Morgan fingerprint density at radius 3 is 2.86 bits per heavy atom. The van der Waals surface area contributed by atoms with Gasteiger partial charge in [0.1, 0.15) is 11.8 Å². The van der Waals surface area contributed by atoms with E-state index in [4.69, 9.17) is 0 Å². The van der Waals surface area contributed by atoms with E-state index in [1.807, 2.05) is 0 Å². The molecule has 14 heavy (non-hydrogen) atoms. The van der Waals surface area contributed by atoms with Crippen molar-refractivity contribution < 1.29 is 9.90 Å². The van der Waals surface area contributed by atoms with Gasteiger partial charge in [-0.2, -0.15) is 5.10 Å². The van der Waals surface area contributed by atoms with E-state index in [1.54, 1.807) is 20.2 Å². The van der Waals surface area contributed by atoms with E-state index in [2.05, 4.69) is 10.4 Å². The number of hydrogen-bond acceptors (Lipinski definition) is 4. The van der Waals surface area contributed by atoms with Crippen LogP contribution in [-0.4, -0.2) is 34.3 Å². The van der Waals surface area contributed by atoms with Crippen molar-refractivity contribution in [1.82, 2.24) is 15.1 Å². The quantitative estimate of drug-likeness (QED) is 0.660. The summed E-state index contributed by atoms with van der Waals surface area (Å²) in [6, 6.07) is 1.62. The summed E-state index contributed by atoms with van der Waals surface area (Å²) in [5, 5.41) is 16.5. The van der Waals surface area contributed by atoms with Gasteiger partial charge < -0.3 is 10.4 Å². The summed E-state index contributed by atoms with van der Waals surface area (Å²) in [5.74, 6) is -0.0940. The van der Waals surface area contributed by atoms with Crippen LogP contribution in [0.4, 0.5) is 0 Å². The zero-order chi connectivity index (χ0) is 10.7. The highest BCUT2D eigenvalue weighted by Crippen LogP contribution is 2.12. The molecule has 5 nitrogen and oxygen atoms in total. The summed E-state index contributed by atoms with van der Waals surface area (Å²) >= 11 is 0. The van der Waals surface area contributed by atoms with Gasteiger partial charge in [0.05, 0.1) is 5.69 Å². The molecule has 1 aromatic rings. The molecule has 0 aromatic carbocycles. The van der Waals surface area contributed by atoms with Gasteiger partial charge in [0, 0.05) is 20.5 Å². The van der Waals surface area contributed by atoms with Crippen molar-refractivity contribution >= 4 is 5.78 Å². The van der Waals surface area contributed by atoms with E-state index in [9.17, 15) is 9.90 Å². The number of aromatic nitrogens is 2. The molecule has 1 heterocycles. The number of ketones is 1. The van der Waals surface area contributed by atoms with Crippen LogP contribution in [0.3, 0.4) is 0 Å². The number of carbonyl (C=O) groups excluding carboxylic acids is 1. The van der Waals surface area contributed by atoms with Gasteiger partial charge in [-0.3, -0.25) is 9.48 Å². The maximum absolute atomic E-state index is 11.0. The first kappa shape index (κ1) is 10.9. The number of aryl methyl sites for hydroxylation is 1. The van der Waals surface area contributed by atoms with Gasteiger partial charge in [0.15, 0.2) is 5.78 Å². The number of aliphatic hydroxyl groups is 1. The lowest BCUT2D eigenvalue weighted by molar-refractivity contribution is 0.101. The third-order valence-corrected chi connectivity index (χ3v) is 2.02. The Balaban J connectivity index is 2.92. The van der Waals surface area contributed by atoms with E-state index in [0.29, 0.717) is 17.9 Å². The maximum atomic E-state index is 11.0. The Hall–Kier alpha value is -1.20. The van der Waals surface area contributed by atoms with E-state index in [1.165, 1.54) is 11.6 Å². The zero-order valence-electron chi connectivity index (χ0n) is 8.61. The lowest BCUT2D eigenvalue weighted by Crippen LogP contribution is -2.18. The second-order valence-electron chi connectivity index (χ2n) is 3.21. The van der Waals surface area contributed by atoms with E-state index in [-0.39, 0.29) is 5.78 Å². The molecule has 78 valence electrons. The van der Waals surface area contributed by atoms with Crippen LogP contribution in [0.15, 0.2) is 6.07 Å². The molecule has 5 heteroatoms. The molecule has 0 amide bonds. The molecule has 0 aliphatic rings. The van der Waals surface area contributed by atoms with E-state index in [0.717, 1.165) is 0 Å². The Labute approximate surface area is 82.7 Å². The lowest BCUT2D eigenvalue weighted by Gasteiger charge is -2.09. The molecule has 0 radical (unpaired) electrons. The minimum absolute atomic E-state index is 0.0940. The van der Waals surface area contributed by atoms with Crippen LogP contribution in [0.5, 0.6) is 0 Å². The maximum Gasteiger partial charge on any atom is 0.179 e. The second kappa shape index (κ2) is 4.34. The van der Waals surface area contributed by atoms with Crippen molar-refractivity contribution in [3.05, 3.63) is 17.5 Å². The third-order valence-electron chi connectivity index (χ3n) is 2.02. The Bertz CT molecular complexity index is 333. The molecule has 1 aromatic heterocycles. The molecule has 0 saturated heterocycles. The molecule has 0 spiro atoms. The Morgan fingerprint density at radius 2 is 2.43 bits per heavy atom. The zero-order valence-corrected chi connectivity index (χ0v) is 8.61. The fourth-order valence-electron chi connectivity index (χ4n) is 1.26. The number of nitrogens with zero attached hydrogens (tertiary/aromatic N) is 2. The highest BCUT2D eigenvalue weighted by Gasteiger charge is 2.14. The first-order chi connectivity index (χ1) is 6.56. The molecule has 1 unspecified atom stereocenters. The van der Waals surface area contributed by atoms with Gasteiger partial charge in [-0.1, -0.05) is 0 Å². The summed E-state index contributed by atoms with van der Waals surface area (Å²) in [7, 11) is 3.46. The van der Waals surface area contributed by atoms with Gasteiger partial charge in [0.2, 0.25) is 0 Å². The summed E-state index contributed by atoms with van der Waals surface area (Å²) in [4.78, 5) is 11.0. The van der Waals surface area contributed by atoms with Crippen LogP contribution < -0.4 is 5.32 Å². The van der Waals surface area contributed by atoms with Crippen LogP contribution in [0.2, 0.25) is 0 Å². The van der Waals surface area contributed by atoms with Crippen molar-refractivity contribution in [2.75, 3.05) is 13.6 Å². The highest BCUT2D eigenvalue weighted by atomic mass is 16.3. The van der Waals surface area contributed by atoms with Crippen LogP contribution in [0, 0.1) is 0 Å². The van der Waals surface area contributed by atoms with Gasteiger partial charge >= 0.3 is 0 Å². The summed E-state index contributed by atoms with van der Waals surface area (Å²) in [6.07, 6.45) is -0.634. The van der Waals surface area contributed by atoms with Gasteiger partial charge in [-0.05, 0) is 13.1 Å². The number of hydrogen-bond donors (Lipinski definition) is 2.